The van der Waals surface area contributed by atoms with Gasteiger partial charge in [-0.05, 0) is 30.5 Å². The highest BCUT2D eigenvalue weighted by Gasteiger charge is 2.22. The third-order valence-corrected chi connectivity index (χ3v) is 5.20. The van der Waals surface area contributed by atoms with Crippen LogP contribution in [0.1, 0.15) is 18.4 Å². The predicted octanol–water partition coefficient (Wildman–Crippen LogP) is 0.848. The Morgan fingerprint density at radius 3 is 2.80 bits per heavy atom. The number of hydrogen-bond donors (Lipinski definition) is 1. The summed E-state index contributed by atoms with van der Waals surface area (Å²) in [6, 6.07) is 7.48. The molecule has 0 aliphatic carbocycles. The van der Waals surface area contributed by atoms with Gasteiger partial charge >= 0.3 is 0 Å². The number of sulfone groups is 1. The van der Waals surface area contributed by atoms with Crippen LogP contribution >= 0.6 is 0 Å². The average Bonchev–Trinajstić information content (AvgIpc) is 2.57. The van der Waals surface area contributed by atoms with E-state index in [0.29, 0.717) is 38.0 Å². The molecule has 0 radical (unpaired) electrons. The lowest BCUT2D eigenvalue weighted by atomic mass is 10.1. The van der Waals surface area contributed by atoms with Crippen molar-refractivity contribution >= 4 is 21.4 Å². The molecule has 0 saturated carbocycles. The summed E-state index contributed by atoms with van der Waals surface area (Å²) in [6.45, 7) is 0.854. The number of nitrogens with two attached hydrogens (primary N) is 1. The van der Waals surface area contributed by atoms with Crippen LogP contribution < -0.4 is 5.73 Å². The summed E-state index contributed by atoms with van der Waals surface area (Å²) in [5.41, 5.74) is 7.42. The highest BCUT2D eigenvalue weighted by atomic mass is 32.2. The minimum Gasteiger partial charge on any atom is -0.399 e. The van der Waals surface area contributed by atoms with Gasteiger partial charge in [-0.15, -0.1) is 0 Å². The van der Waals surface area contributed by atoms with E-state index in [1.165, 1.54) is 0 Å². The molecule has 0 atom stereocenters. The number of carbonyl (C=O) groups is 1. The van der Waals surface area contributed by atoms with E-state index in [9.17, 15) is 13.2 Å². The fourth-order valence-corrected chi connectivity index (χ4v) is 3.62. The quantitative estimate of drug-likeness (QED) is 0.839. The molecule has 0 aromatic heterocycles. The van der Waals surface area contributed by atoms with Crippen molar-refractivity contribution < 1.29 is 13.2 Å². The molecule has 1 aliphatic heterocycles. The van der Waals surface area contributed by atoms with Crippen LogP contribution in [0.5, 0.6) is 0 Å². The van der Waals surface area contributed by atoms with Gasteiger partial charge in [-0.25, -0.2) is 8.42 Å². The second-order valence-electron chi connectivity index (χ2n) is 5.13. The maximum absolute atomic E-state index is 12.1. The van der Waals surface area contributed by atoms with Crippen molar-refractivity contribution in [1.29, 1.82) is 0 Å². The lowest BCUT2D eigenvalue weighted by Gasteiger charge is -2.19. The third kappa shape index (κ3) is 4.23. The van der Waals surface area contributed by atoms with E-state index in [2.05, 4.69) is 0 Å². The third-order valence-electron chi connectivity index (χ3n) is 3.49. The summed E-state index contributed by atoms with van der Waals surface area (Å²) < 4.78 is 23.0. The summed E-state index contributed by atoms with van der Waals surface area (Å²) in [4.78, 5) is 13.8. The van der Waals surface area contributed by atoms with Gasteiger partial charge in [0.1, 0.15) is 0 Å². The summed E-state index contributed by atoms with van der Waals surface area (Å²) in [5, 5.41) is 0. The zero-order chi connectivity index (χ0) is 14.6. The standard InChI is InChI=1S/C14H20N2O3S/c15-13-4-1-3-12(11-13)5-6-14(17)16-7-2-9-20(18,19)10-8-16/h1,3-4,11H,2,5-10,15H2. The van der Waals surface area contributed by atoms with Crippen LogP contribution in [0.3, 0.4) is 0 Å². The van der Waals surface area contributed by atoms with Gasteiger partial charge in [0.25, 0.3) is 0 Å². The summed E-state index contributed by atoms with van der Waals surface area (Å²) in [7, 11) is -2.97. The Hall–Kier alpha value is -1.56. The molecule has 1 saturated heterocycles. The number of amides is 1. The number of benzene rings is 1. The molecular weight excluding hydrogens is 276 g/mol. The van der Waals surface area contributed by atoms with Crippen molar-refractivity contribution in [2.75, 3.05) is 30.3 Å². The SMILES string of the molecule is Nc1cccc(CCC(=O)N2CCCS(=O)(=O)CC2)c1. The summed E-state index contributed by atoms with van der Waals surface area (Å²) in [5.74, 6) is 0.285. The topological polar surface area (TPSA) is 80.5 Å². The van der Waals surface area contributed by atoms with Crippen LogP contribution in [0.15, 0.2) is 24.3 Å². The van der Waals surface area contributed by atoms with Gasteiger partial charge in [0, 0.05) is 25.2 Å². The molecule has 2 rings (SSSR count). The van der Waals surface area contributed by atoms with Crippen LogP contribution in [0.2, 0.25) is 0 Å². The predicted molar refractivity (Wildman–Crippen MR) is 79.0 cm³/mol. The molecule has 2 N–H and O–H groups in total. The minimum atomic E-state index is -2.97. The van der Waals surface area contributed by atoms with E-state index >= 15 is 0 Å². The molecule has 6 heteroatoms. The molecule has 1 amide bonds. The number of anilines is 1. The van der Waals surface area contributed by atoms with Gasteiger partial charge in [0.2, 0.25) is 5.91 Å². The number of nitrogen functional groups attached to an aromatic ring is 1. The van der Waals surface area contributed by atoms with Gasteiger partial charge in [-0.3, -0.25) is 4.79 Å². The van der Waals surface area contributed by atoms with E-state index in [-0.39, 0.29) is 17.4 Å². The minimum absolute atomic E-state index is 0.0181. The Balaban J connectivity index is 1.89. The van der Waals surface area contributed by atoms with Crippen molar-refractivity contribution in [2.45, 2.75) is 19.3 Å². The molecular formula is C14H20N2O3S. The van der Waals surface area contributed by atoms with Gasteiger partial charge in [-0.2, -0.15) is 0 Å². The Morgan fingerprint density at radius 2 is 2.05 bits per heavy atom. The zero-order valence-electron chi connectivity index (χ0n) is 11.4. The fourth-order valence-electron chi connectivity index (χ4n) is 2.35. The molecule has 1 aliphatic rings. The largest absolute Gasteiger partial charge is 0.399 e. The van der Waals surface area contributed by atoms with E-state index in [1.807, 2.05) is 24.3 Å². The van der Waals surface area contributed by atoms with Crippen LogP contribution in [-0.2, 0) is 21.1 Å². The molecule has 20 heavy (non-hydrogen) atoms. The first-order valence-corrected chi connectivity index (χ1v) is 8.61. The average molecular weight is 296 g/mol. The second-order valence-corrected chi connectivity index (χ2v) is 7.43. The van der Waals surface area contributed by atoms with E-state index in [4.69, 9.17) is 5.73 Å². The number of carbonyl (C=O) groups excluding carboxylic acids is 1. The summed E-state index contributed by atoms with van der Waals surface area (Å²) in [6.07, 6.45) is 1.56. The Labute approximate surface area is 119 Å². The Bertz CT molecular complexity index is 584. The van der Waals surface area contributed by atoms with Gasteiger partial charge < -0.3 is 10.6 Å². The van der Waals surface area contributed by atoms with E-state index in [1.54, 1.807) is 4.90 Å². The highest BCUT2D eigenvalue weighted by Crippen LogP contribution is 2.11. The number of rotatable bonds is 3. The molecule has 1 aromatic rings. The number of nitrogens with zero attached hydrogens (tertiary/aromatic N) is 1. The smallest absolute Gasteiger partial charge is 0.222 e. The molecule has 0 unspecified atom stereocenters. The van der Waals surface area contributed by atoms with Crippen LogP contribution in [0.25, 0.3) is 0 Å². The van der Waals surface area contributed by atoms with Crippen molar-refractivity contribution in [2.24, 2.45) is 0 Å². The zero-order valence-corrected chi connectivity index (χ0v) is 12.2. The van der Waals surface area contributed by atoms with Crippen LogP contribution in [0, 0.1) is 0 Å². The maximum atomic E-state index is 12.1. The number of aryl methyl sites for hydroxylation is 1. The van der Waals surface area contributed by atoms with Crippen LogP contribution in [-0.4, -0.2) is 43.8 Å². The lowest BCUT2D eigenvalue weighted by Crippen LogP contribution is -2.33. The number of hydrogen-bond acceptors (Lipinski definition) is 4. The highest BCUT2D eigenvalue weighted by molar-refractivity contribution is 7.91. The molecule has 0 bridgehead atoms. The van der Waals surface area contributed by atoms with Gasteiger partial charge in [-0.1, -0.05) is 12.1 Å². The van der Waals surface area contributed by atoms with Crippen molar-refractivity contribution in [3.8, 4) is 0 Å². The Morgan fingerprint density at radius 1 is 1.25 bits per heavy atom. The molecule has 1 heterocycles. The normalized spacial score (nSPS) is 18.5. The van der Waals surface area contributed by atoms with Gasteiger partial charge in [0.05, 0.1) is 11.5 Å². The molecule has 5 nitrogen and oxygen atoms in total. The van der Waals surface area contributed by atoms with Gasteiger partial charge in [0.15, 0.2) is 9.84 Å². The first-order chi connectivity index (χ1) is 9.46. The second kappa shape index (κ2) is 6.26. The van der Waals surface area contributed by atoms with Crippen LogP contribution in [0.4, 0.5) is 5.69 Å². The molecule has 0 spiro atoms. The van der Waals surface area contributed by atoms with Crippen molar-refractivity contribution in [1.82, 2.24) is 4.90 Å². The maximum Gasteiger partial charge on any atom is 0.222 e. The molecule has 1 aromatic carbocycles. The fraction of sp³-hybridized carbons (Fsp3) is 0.500. The molecule has 1 fully saturated rings. The first kappa shape index (κ1) is 14.8. The molecule has 110 valence electrons. The monoisotopic (exact) mass is 296 g/mol. The van der Waals surface area contributed by atoms with Crippen molar-refractivity contribution in [3.05, 3.63) is 29.8 Å². The summed E-state index contributed by atoms with van der Waals surface area (Å²) >= 11 is 0. The lowest BCUT2D eigenvalue weighted by molar-refractivity contribution is -0.130. The first-order valence-electron chi connectivity index (χ1n) is 6.79. The van der Waals surface area contributed by atoms with Crippen molar-refractivity contribution in [3.63, 3.8) is 0 Å². The Kier molecular flexibility index (Phi) is 4.65. The van der Waals surface area contributed by atoms with E-state index < -0.39 is 9.84 Å². The van der Waals surface area contributed by atoms with E-state index in [0.717, 1.165) is 5.56 Å².